The maximum atomic E-state index is 12.9. The molecule has 6 rings (SSSR count). The van der Waals surface area contributed by atoms with Crippen LogP contribution in [-0.4, -0.2) is 24.0 Å². The molecular weight excluding hydrogens is 298 g/mol. The molecule has 6 heteroatoms. The van der Waals surface area contributed by atoms with Gasteiger partial charge in [-0.1, -0.05) is 0 Å². The zero-order valence-corrected chi connectivity index (χ0v) is 13.1. The number of hydrogen-bond donors (Lipinski definition) is 1. The highest BCUT2D eigenvalue weighted by Gasteiger charge is 2.59. The first-order valence-electron chi connectivity index (χ1n) is 8.08. The molecule has 5 aliphatic rings. The Morgan fingerprint density at radius 2 is 1.95 bits per heavy atom. The molecule has 0 aromatic carbocycles. The van der Waals surface area contributed by atoms with Gasteiger partial charge in [0.05, 0.1) is 12.2 Å². The smallest absolute Gasteiger partial charge is 0.258 e. The van der Waals surface area contributed by atoms with Gasteiger partial charge < -0.3 is 0 Å². The second kappa shape index (κ2) is 4.17. The van der Waals surface area contributed by atoms with Crippen molar-refractivity contribution < 1.29 is 8.42 Å². The van der Waals surface area contributed by atoms with Gasteiger partial charge >= 0.3 is 0 Å². The summed E-state index contributed by atoms with van der Waals surface area (Å²) in [4.78, 5) is 8.49. The van der Waals surface area contributed by atoms with Crippen molar-refractivity contribution in [3.05, 3.63) is 29.6 Å². The van der Waals surface area contributed by atoms with Gasteiger partial charge in [-0.15, -0.1) is 0 Å². The van der Waals surface area contributed by atoms with Gasteiger partial charge in [-0.25, -0.2) is 13.1 Å². The number of nitrogens with zero attached hydrogens (tertiary/aromatic N) is 2. The zero-order chi connectivity index (χ0) is 14.9. The van der Waals surface area contributed by atoms with Crippen LogP contribution in [0.1, 0.15) is 43.4 Å². The van der Waals surface area contributed by atoms with Gasteiger partial charge in [0.15, 0.2) is 5.04 Å². The summed E-state index contributed by atoms with van der Waals surface area (Å²) in [6.45, 7) is 0.369. The summed E-state index contributed by atoms with van der Waals surface area (Å²) in [5.41, 5.74) is 1.24. The topological polar surface area (TPSA) is 71.4 Å². The van der Waals surface area contributed by atoms with Crippen molar-refractivity contribution in [2.75, 3.05) is 0 Å². The molecule has 116 valence electrons. The van der Waals surface area contributed by atoms with E-state index >= 15 is 0 Å². The van der Waals surface area contributed by atoms with Crippen LogP contribution in [0.5, 0.6) is 0 Å². The fraction of sp³-hybridized carbons (Fsp3) is 0.625. The van der Waals surface area contributed by atoms with Crippen molar-refractivity contribution in [2.24, 2.45) is 22.7 Å². The second-order valence-corrected chi connectivity index (χ2v) is 9.02. The number of nitrogens with one attached hydrogen (secondary N) is 1. The molecule has 2 unspecified atom stereocenters. The van der Waals surface area contributed by atoms with E-state index in [0.29, 0.717) is 18.0 Å². The minimum atomic E-state index is -3.56. The van der Waals surface area contributed by atoms with E-state index in [9.17, 15) is 8.42 Å². The van der Waals surface area contributed by atoms with Crippen LogP contribution in [0.15, 0.2) is 23.3 Å². The minimum absolute atomic E-state index is 0.191. The van der Waals surface area contributed by atoms with Crippen LogP contribution in [0.4, 0.5) is 0 Å². The quantitative estimate of drug-likeness (QED) is 0.904. The van der Waals surface area contributed by atoms with E-state index in [1.165, 1.54) is 19.3 Å². The molecule has 4 aliphatic carbocycles. The Hall–Kier alpha value is -1.27. The Balaban J connectivity index is 1.49. The lowest BCUT2D eigenvalue weighted by molar-refractivity contribution is 0.258. The summed E-state index contributed by atoms with van der Waals surface area (Å²) in [7, 11) is -3.56. The van der Waals surface area contributed by atoms with Crippen molar-refractivity contribution in [3.63, 3.8) is 0 Å². The Kier molecular flexibility index (Phi) is 2.50. The lowest BCUT2D eigenvalue weighted by Crippen LogP contribution is -2.51. The van der Waals surface area contributed by atoms with Crippen LogP contribution >= 0.6 is 0 Å². The van der Waals surface area contributed by atoms with Gasteiger partial charge in [0.1, 0.15) is 0 Å². The molecule has 0 spiro atoms. The standard InChI is InChI=1S/C16H19N3O2S/c20-22(21,15-13-2-1-3-17-14(13)9-18-15)19-16-7-10-4-11(8-16)6-12(16)5-10/h1-3,10-12,19H,4-9H2. The van der Waals surface area contributed by atoms with Crippen LogP contribution in [0.25, 0.3) is 0 Å². The van der Waals surface area contributed by atoms with Gasteiger partial charge in [0.25, 0.3) is 10.0 Å². The molecule has 1 aromatic heterocycles. The van der Waals surface area contributed by atoms with Gasteiger partial charge in [-0.2, -0.15) is 0 Å². The third-order valence-corrected chi connectivity index (χ3v) is 7.61. The van der Waals surface area contributed by atoms with Crippen molar-refractivity contribution >= 4 is 15.1 Å². The second-order valence-electron chi connectivity index (χ2n) is 7.43. The summed E-state index contributed by atoms with van der Waals surface area (Å²) >= 11 is 0. The fourth-order valence-corrected chi connectivity index (χ4v) is 7.17. The molecule has 1 N–H and O–H groups in total. The Morgan fingerprint density at radius 1 is 1.18 bits per heavy atom. The number of fused-ring (bicyclic) bond motifs is 1. The highest BCUT2D eigenvalue weighted by molar-refractivity contribution is 8.05. The number of sulfonamides is 1. The third-order valence-electron chi connectivity index (χ3n) is 6.07. The normalized spacial score (nSPS) is 38.4. The number of rotatable bonds is 2. The van der Waals surface area contributed by atoms with Crippen molar-refractivity contribution in [1.82, 2.24) is 9.71 Å². The van der Waals surface area contributed by atoms with E-state index in [-0.39, 0.29) is 10.6 Å². The molecule has 1 aliphatic heterocycles. The van der Waals surface area contributed by atoms with E-state index in [0.717, 1.165) is 30.4 Å². The Labute approximate surface area is 130 Å². The van der Waals surface area contributed by atoms with Crippen LogP contribution in [-0.2, 0) is 16.6 Å². The molecule has 0 amide bonds. The molecule has 2 atom stereocenters. The first-order valence-corrected chi connectivity index (χ1v) is 9.57. The lowest BCUT2D eigenvalue weighted by Gasteiger charge is -2.33. The van der Waals surface area contributed by atoms with E-state index in [1.807, 2.05) is 6.07 Å². The van der Waals surface area contributed by atoms with Crippen LogP contribution in [0.3, 0.4) is 0 Å². The lowest BCUT2D eigenvalue weighted by atomic mass is 9.81. The van der Waals surface area contributed by atoms with Crippen molar-refractivity contribution in [3.8, 4) is 0 Å². The molecule has 0 radical (unpaired) electrons. The molecule has 4 saturated carbocycles. The van der Waals surface area contributed by atoms with E-state index in [1.54, 1.807) is 12.3 Å². The molecule has 5 nitrogen and oxygen atoms in total. The summed E-state index contributed by atoms with van der Waals surface area (Å²) < 4.78 is 29.0. The van der Waals surface area contributed by atoms with Gasteiger partial charge in [0, 0.05) is 17.3 Å². The number of aliphatic imine (C=N–C) groups is 1. The number of aromatic nitrogens is 1. The average molecular weight is 317 g/mol. The van der Waals surface area contributed by atoms with Gasteiger partial charge in [-0.05, 0) is 62.0 Å². The molecule has 1 aromatic rings. The predicted octanol–water partition coefficient (Wildman–Crippen LogP) is 1.84. The van der Waals surface area contributed by atoms with Gasteiger partial charge in [0.2, 0.25) is 0 Å². The van der Waals surface area contributed by atoms with Gasteiger partial charge in [-0.3, -0.25) is 9.98 Å². The highest BCUT2D eigenvalue weighted by atomic mass is 32.2. The molecule has 22 heavy (non-hydrogen) atoms. The van der Waals surface area contributed by atoms with Crippen LogP contribution in [0.2, 0.25) is 0 Å². The molecule has 4 fully saturated rings. The Bertz CT molecular complexity index is 772. The first kappa shape index (κ1) is 13.2. The predicted molar refractivity (Wildman–Crippen MR) is 82.8 cm³/mol. The van der Waals surface area contributed by atoms with E-state index in [2.05, 4.69) is 14.7 Å². The maximum Gasteiger partial charge on any atom is 0.258 e. The SMILES string of the molecule is O=S(=O)(NC12CC3CC(CC1C3)C2)C1=NCc2ncccc21. The minimum Gasteiger partial charge on any atom is -0.265 e. The fourth-order valence-electron chi connectivity index (χ4n) is 5.50. The van der Waals surface area contributed by atoms with Crippen molar-refractivity contribution in [1.29, 1.82) is 0 Å². The number of hydrogen-bond acceptors (Lipinski definition) is 4. The van der Waals surface area contributed by atoms with Crippen LogP contribution < -0.4 is 4.72 Å². The Morgan fingerprint density at radius 3 is 2.73 bits per heavy atom. The summed E-state index contributed by atoms with van der Waals surface area (Å²) in [6.07, 6.45) is 7.41. The number of pyridine rings is 1. The third kappa shape index (κ3) is 1.71. The maximum absolute atomic E-state index is 12.9. The highest BCUT2D eigenvalue weighted by Crippen LogP contribution is 2.60. The molecular formula is C16H19N3O2S. The molecule has 2 heterocycles. The van der Waals surface area contributed by atoms with Crippen molar-refractivity contribution in [2.45, 2.75) is 44.2 Å². The average Bonchev–Trinajstić information content (AvgIpc) is 3.05. The largest absolute Gasteiger partial charge is 0.265 e. The van der Waals surface area contributed by atoms with E-state index < -0.39 is 10.0 Å². The first-order chi connectivity index (χ1) is 10.6. The molecule has 4 bridgehead atoms. The monoisotopic (exact) mass is 317 g/mol. The summed E-state index contributed by atoms with van der Waals surface area (Å²) in [6, 6.07) is 3.58. The zero-order valence-electron chi connectivity index (χ0n) is 12.3. The van der Waals surface area contributed by atoms with E-state index in [4.69, 9.17) is 0 Å². The summed E-state index contributed by atoms with van der Waals surface area (Å²) in [5, 5.41) is 0.191. The summed E-state index contributed by atoms with van der Waals surface area (Å²) in [5.74, 6) is 1.97. The van der Waals surface area contributed by atoms with Crippen LogP contribution in [0, 0.1) is 17.8 Å². The molecule has 0 saturated heterocycles.